The first kappa shape index (κ1) is 15.5. The van der Waals surface area contributed by atoms with Gasteiger partial charge in [0.2, 0.25) is 0 Å². The van der Waals surface area contributed by atoms with Gasteiger partial charge in [-0.3, -0.25) is 4.79 Å². The molecular formula is C21H22O2. The van der Waals surface area contributed by atoms with Crippen LogP contribution in [-0.4, -0.2) is 5.78 Å². The first-order valence-electron chi connectivity index (χ1n) is 8.15. The average Bonchev–Trinajstić information content (AvgIpc) is 3.12. The largest absolute Gasteiger partial charge is 0.469 e. The second kappa shape index (κ2) is 6.82. The van der Waals surface area contributed by atoms with E-state index in [2.05, 4.69) is 43.3 Å². The minimum absolute atomic E-state index is 0.270. The molecule has 0 fully saturated rings. The summed E-state index contributed by atoms with van der Waals surface area (Å²) in [5.41, 5.74) is 4.94. The molecule has 118 valence electrons. The number of carbonyl (C=O) groups excluding carboxylic acids is 1. The predicted octanol–water partition coefficient (Wildman–Crippen LogP) is 5.14. The van der Waals surface area contributed by atoms with E-state index in [0.29, 0.717) is 18.8 Å². The molecule has 0 spiro atoms. The summed E-state index contributed by atoms with van der Waals surface area (Å²) < 4.78 is 5.25. The monoisotopic (exact) mass is 306 g/mol. The molecule has 3 rings (SSSR count). The smallest absolute Gasteiger partial charge is 0.137 e. The Kier molecular flexibility index (Phi) is 4.61. The number of allylic oxidation sites excluding steroid dienone is 4. The van der Waals surface area contributed by atoms with Crippen molar-refractivity contribution in [2.45, 2.75) is 33.1 Å². The molecule has 23 heavy (non-hydrogen) atoms. The zero-order valence-corrected chi connectivity index (χ0v) is 13.7. The second-order valence-corrected chi connectivity index (χ2v) is 6.23. The van der Waals surface area contributed by atoms with Crippen LogP contribution >= 0.6 is 0 Å². The van der Waals surface area contributed by atoms with Gasteiger partial charge in [0, 0.05) is 18.8 Å². The van der Waals surface area contributed by atoms with Gasteiger partial charge in [0.1, 0.15) is 11.5 Å². The summed E-state index contributed by atoms with van der Waals surface area (Å²) in [5.74, 6) is 1.52. The summed E-state index contributed by atoms with van der Waals surface area (Å²) in [4.78, 5) is 12.2. The molecule has 0 saturated heterocycles. The number of hydrogen-bond acceptors (Lipinski definition) is 2. The molecule has 0 N–H and O–H groups in total. The van der Waals surface area contributed by atoms with E-state index < -0.39 is 0 Å². The molecule has 1 aliphatic carbocycles. The molecule has 0 bridgehead atoms. The molecule has 1 unspecified atom stereocenters. The van der Waals surface area contributed by atoms with E-state index in [1.807, 2.05) is 19.1 Å². The number of benzene rings is 1. The zero-order chi connectivity index (χ0) is 16.2. The normalized spacial score (nSPS) is 17.0. The molecule has 1 aromatic heterocycles. The number of rotatable bonds is 6. The van der Waals surface area contributed by atoms with Crippen molar-refractivity contribution in [1.82, 2.24) is 0 Å². The fraction of sp³-hybridized carbons (Fsp3) is 0.286. The fourth-order valence-electron chi connectivity index (χ4n) is 3.15. The van der Waals surface area contributed by atoms with Gasteiger partial charge >= 0.3 is 0 Å². The van der Waals surface area contributed by atoms with Crippen molar-refractivity contribution < 1.29 is 9.21 Å². The molecule has 1 aliphatic rings. The van der Waals surface area contributed by atoms with Gasteiger partial charge in [-0.15, -0.1) is 0 Å². The lowest BCUT2D eigenvalue weighted by Gasteiger charge is -2.14. The minimum atomic E-state index is 0.270. The molecule has 1 aromatic carbocycles. The maximum Gasteiger partial charge on any atom is 0.137 e. The van der Waals surface area contributed by atoms with E-state index in [9.17, 15) is 4.79 Å². The van der Waals surface area contributed by atoms with Gasteiger partial charge in [-0.05, 0) is 36.1 Å². The van der Waals surface area contributed by atoms with Gasteiger partial charge in [-0.25, -0.2) is 0 Å². The SMILES string of the molecule is Cc1cc(CC(=O)CCC2=CC=C(c3ccccc3)C2C)co1. The molecule has 2 aromatic rings. The van der Waals surface area contributed by atoms with E-state index in [-0.39, 0.29) is 5.78 Å². The van der Waals surface area contributed by atoms with E-state index in [4.69, 9.17) is 4.42 Å². The third-order valence-corrected chi connectivity index (χ3v) is 4.49. The van der Waals surface area contributed by atoms with Crippen molar-refractivity contribution in [3.8, 4) is 0 Å². The highest BCUT2D eigenvalue weighted by Crippen LogP contribution is 2.36. The number of ketones is 1. The van der Waals surface area contributed by atoms with Crippen LogP contribution in [0.15, 0.2) is 64.8 Å². The molecule has 0 aliphatic heterocycles. The van der Waals surface area contributed by atoms with Crippen LogP contribution in [0.3, 0.4) is 0 Å². The van der Waals surface area contributed by atoms with E-state index in [1.165, 1.54) is 16.7 Å². The van der Waals surface area contributed by atoms with Crippen LogP contribution in [0.2, 0.25) is 0 Å². The Hall–Kier alpha value is -2.35. The van der Waals surface area contributed by atoms with E-state index >= 15 is 0 Å². The lowest BCUT2D eigenvalue weighted by Crippen LogP contribution is -2.05. The molecule has 2 heteroatoms. The Bertz CT molecular complexity index is 747. The van der Waals surface area contributed by atoms with Gasteiger partial charge in [-0.1, -0.05) is 55.0 Å². The minimum Gasteiger partial charge on any atom is -0.469 e. The molecule has 0 saturated carbocycles. The van der Waals surface area contributed by atoms with Crippen LogP contribution in [0.1, 0.15) is 36.7 Å². The molecule has 2 nitrogen and oxygen atoms in total. The second-order valence-electron chi connectivity index (χ2n) is 6.23. The van der Waals surface area contributed by atoms with Crippen molar-refractivity contribution in [2.75, 3.05) is 0 Å². The Morgan fingerprint density at radius 1 is 1.17 bits per heavy atom. The van der Waals surface area contributed by atoms with Crippen molar-refractivity contribution in [2.24, 2.45) is 5.92 Å². The van der Waals surface area contributed by atoms with E-state index in [0.717, 1.165) is 17.7 Å². The summed E-state index contributed by atoms with van der Waals surface area (Å²) in [6.45, 7) is 4.12. The highest BCUT2D eigenvalue weighted by Gasteiger charge is 2.20. The van der Waals surface area contributed by atoms with Crippen LogP contribution in [0.25, 0.3) is 5.57 Å². The van der Waals surface area contributed by atoms with Crippen molar-refractivity contribution in [3.05, 3.63) is 77.3 Å². The Morgan fingerprint density at radius 2 is 1.96 bits per heavy atom. The highest BCUT2D eigenvalue weighted by molar-refractivity contribution is 5.81. The zero-order valence-electron chi connectivity index (χ0n) is 13.7. The van der Waals surface area contributed by atoms with Crippen molar-refractivity contribution >= 4 is 11.4 Å². The number of Topliss-reactive ketones (excluding diaryl/α,β-unsaturated/α-hetero) is 1. The molecule has 1 heterocycles. The Balaban J connectivity index is 1.53. The lowest BCUT2D eigenvalue weighted by molar-refractivity contribution is -0.118. The van der Waals surface area contributed by atoms with Crippen LogP contribution in [0.5, 0.6) is 0 Å². The van der Waals surface area contributed by atoms with Crippen molar-refractivity contribution in [3.63, 3.8) is 0 Å². The molecule has 0 amide bonds. The van der Waals surface area contributed by atoms with Gasteiger partial charge in [0.25, 0.3) is 0 Å². The number of aryl methyl sites for hydroxylation is 1. The number of carbonyl (C=O) groups is 1. The first-order valence-corrected chi connectivity index (χ1v) is 8.15. The lowest BCUT2D eigenvalue weighted by atomic mass is 9.89. The van der Waals surface area contributed by atoms with Crippen molar-refractivity contribution in [1.29, 1.82) is 0 Å². The molecule has 0 radical (unpaired) electrons. The Labute approximate surface area is 137 Å². The standard InChI is InChI=1S/C21H22O2/c1-15-12-17(14-23-15)13-20(22)10-8-18-9-11-21(16(18)2)19-6-4-3-5-7-19/h3-7,9,11-12,14,16H,8,10,13H2,1-2H3. The van der Waals surface area contributed by atoms with E-state index in [1.54, 1.807) is 6.26 Å². The summed E-state index contributed by atoms with van der Waals surface area (Å²) in [6, 6.07) is 12.4. The predicted molar refractivity (Wildman–Crippen MR) is 93.1 cm³/mol. The summed E-state index contributed by atoms with van der Waals surface area (Å²) >= 11 is 0. The van der Waals surface area contributed by atoms with Gasteiger partial charge < -0.3 is 4.42 Å². The van der Waals surface area contributed by atoms with Crippen LogP contribution in [-0.2, 0) is 11.2 Å². The maximum absolute atomic E-state index is 12.2. The van der Waals surface area contributed by atoms with Crippen LogP contribution < -0.4 is 0 Å². The van der Waals surface area contributed by atoms with Crippen LogP contribution in [0.4, 0.5) is 0 Å². The summed E-state index contributed by atoms with van der Waals surface area (Å²) in [7, 11) is 0. The number of hydrogen-bond donors (Lipinski definition) is 0. The Morgan fingerprint density at radius 3 is 2.65 bits per heavy atom. The average molecular weight is 306 g/mol. The molecular weight excluding hydrogens is 284 g/mol. The highest BCUT2D eigenvalue weighted by atomic mass is 16.3. The maximum atomic E-state index is 12.2. The van der Waals surface area contributed by atoms with Crippen LogP contribution in [0, 0.1) is 12.8 Å². The first-order chi connectivity index (χ1) is 11.1. The number of furan rings is 1. The fourth-order valence-corrected chi connectivity index (χ4v) is 3.15. The molecule has 1 atom stereocenters. The summed E-state index contributed by atoms with van der Waals surface area (Å²) in [6.07, 6.45) is 7.96. The third kappa shape index (κ3) is 3.70. The quantitative estimate of drug-likeness (QED) is 0.739. The third-order valence-electron chi connectivity index (χ3n) is 4.49. The van der Waals surface area contributed by atoms with Gasteiger partial charge in [0.05, 0.1) is 6.26 Å². The van der Waals surface area contributed by atoms with Gasteiger partial charge in [0.15, 0.2) is 0 Å². The topological polar surface area (TPSA) is 30.2 Å². The van der Waals surface area contributed by atoms with Gasteiger partial charge in [-0.2, -0.15) is 0 Å². The summed E-state index contributed by atoms with van der Waals surface area (Å²) in [5, 5.41) is 0.